The van der Waals surface area contributed by atoms with Gasteiger partial charge in [0, 0.05) is 0 Å². The summed E-state index contributed by atoms with van der Waals surface area (Å²) in [6, 6.07) is 6.68. The molecule has 0 bridgehead atoms. The summed E-state index contributed by atoms with van der Waals surface area (Å²) in [4.78, 5) is 0. The summed E-state index contributed by atoms with van der Waals surface area (Å²) in [5, 5.41) is 0. The van der Waals surface area contributed by atoms with E-state index in [2.05, 4.69) is 52.5 Å². The van der Waals surface area contributed by atoms with E-state index in [1.165, 1.54) is 16.7 Å². The Kier molecular flexibility index (Phi) is 3.15. The van der Waals surface area contributed by atoms with Crippen molar-refractivity contribution in [2.45, 2.75) is 39.5 Å². The normalized spacial score (nSPS) is 11.4. The van der Waals surface area contributed by atoms with Gasteiger partial charge in [-0.1, -0.05) is 58.5 Å². The van der Waals surface area contributed by atoms with Gasteiger partial charge in [-0.05, 0) is 28.5 Å². The first-order valence-corrected chi connectivity index (χ1v) is 5.25. The molecule has 1 aromatic rings. The number of benzene rings is 1. The summed E-state index contributed by atoms with van der Waals surface area (Å²) in [7, 11) is 0. The van der Waals surface area contributed by atoms with Crippen molar-refractivity contribution in [1.82, 2.24) is 0 Å². The zero-order valence-corrected chi connectivity index (χ0v) is 9.72. The molecule has 0 spiro atoms. The van der Waals surface area contributed by atoms with E-state index in [1.54, 1.807) is 0 Å². The summed E-state index contributed by atoms with van der Waals surface area (Å²) >= 11 is 0. The molecule has 0 aliphatic carbocycles. The maximum atomic E-state index is 3.83. The highest BCUT2D eigenvalue weighted by atomic mass is 14.2. The van der Waals surface area contributed by atoms with E-state index < -0.39 is 0 Å². The van der Waals surface area contributed by atoms with Crippen LogP contribution in [0.4, 0.5) is 0 Å². The second kappa shape index (κ2) is 4.00. The van der Waals surface area contributed by atoms with Gasteiger partial charge in [-0.25, -0.2) is 0 Å². The van der Waals surface area contributed by atoms with Crippen molar-refractivity contribution in [3.63, 3.8) is 0 Å². The molecule has 14 heavy (non-hydrogen) atoms. The Labute approximate surface area is 87.7 Å². The summed E-state index contributed by atoms with van der Waals surface area (Å²) in [6.45, 7) is 12.8. The van der Waals surface area contributed by atoms with Gasteiger partial charge < -0.3 is 0 Å². The fraction of sp³-hybridized carbons (Fsp3) is 0.429. The predicted molar refractivity (Wildman–Crippen MR) is 64.6 cm³/mol. The minimum Gasteiger partial charge on any atom is -0.0985 e. The molecule has 0 fully saturated rings. The van der Waals surface area contributed by atoms with E-state index in [0.29, 0.717) is 0 Å². The van der Waals surface area contributed by atoms with Crippen LogP contribution in [0.3, 0.4) is 0 Å². The van der Waals surface area contributed by atoms with Crippen LogP contribution < -0.4 is 0 Å². The van der Waals surface area contributed by atoms with Crippen molar-refractivity contribution in [3.05, 3.63) is 41.5 Å². The van der Waals surface area contributed by atoms with Gasteiger partial charge in [0.2, 0.25) is 0 Å². The quantitative estimate of drug-likeness (QED) is 0.653. The van der Waals surface area contributed by atoms with Crippen LogP contribution in [0.15, 0.2) is 24.8 Å². The summed E-state index contributed by atoms with van der Waals surface area (Å²) in [5.74, 6) is 0. The molecule has 76 valence electrons. The molecule has 1 aromatic carbocycles. The first kappa shape index (κ1) is 11.0. The third-order valence-corrected chi connectivity index (χ3v) is 2.61. The van der Waals surface area contributed by atoms with E-state index in [4.69, 9.17) is 0 Å². The molecule has 0 amide bonds. The number of hydrogen-bond acceptors (Lipinski definition) is 0. The first-order chi connectivity index (χ1) is 6.49. The Morgan fingerprint density at radius 1 is 1.29 bits per heavy atom. The second-order valence-electron chi connectivity index (χ2n) is 4.72. The highest BCUT2D eigenvalue weighted by molar-refractivity contribution is 5.53. The van der Waals surface area contributed by atoms with E-state index >= 15 is 0 Å². The third-order valence-electron chi connectivity index (χ3n) is 2.61. The molecule has 0 aromatic heterocycles. The standard InChI is InChI=1S/C14H20/c1-6-11-8-9-13(14(3,4)5)10-12(11)7-2/h6,8-10H,1,7H2,2-5H3. The zero-order valence-electron chi connectivity index (χ0n) is 9.72. The molecule has 0 unspecified atom stereocenters. The highest BCUT2D eigenvalue weighted by Crippen LogP contribution is 2.25. The SMILES string of the molecule is C=Cc1ccc(C(C)(C)C)cc1CC. The van der Waals surface area contributed by atoms with Gasteiger partial charge in [-0.3, -0.25) is 0 Å². The molecular formula is C14H20. The Morgan fingerprint density at radius 2 is 1.93 bits per heavy atom. The molecule has 0 N–H and O–H groups in total. The van der Waals surface area contributed by atoms with Gasteiger partial charge in [0.25, 0.3) is 0 Å². The molecule has 0 radical (unpaired) electrons. The number of rotatable bonds is 2. The van der Waals surface area contributed by atoms with Gasteiger partial charge in [-0.15, -0.1) is 0 Å². The Morgan fingerprint density at radius 3 is 2.36 bits per heavy atom. The highest BCUT2D eigenvalue weighted by Gasteiger charge is 2.14. The van der Waals surface area contributed by atoms with Crippen LogP contribution in [0.1, 0.15) is 44.4 Å². The fourth-order valence-corrected chi connectivity index (χ4v) is 1.58. The lowest BCUT2D eigenvalue weighted by Crippen LogP contribution is -2.11. The molecule has 0 aliphatic heterocycles. The summed E-state index contributed by atoms with van der Waals surface area (Å²) in [5.41, 5.74) is 4.30. The van der Waals surface area contributed by atoms with Crippen molar-refractivity contribution >= 4 is 6.08 Å². The molecular weight excluding hydrogens is 168 g/mol. The minimum atomic E-state index is 0.240. The summed E-state index contributed by atoms with van der Waals surface area (Å²) < 4.78 is 0. The average Bonchev–Trinajstić information content (AvgIpc) is 2.15. The maximum absolute atomic E-state index is 3.83. The van der Waals surface area contributed by atoms with Crippen LogP contribution in [0, 0.1) is 0 Å². The summed E-state index contributed by atoms with van der Waals surface area (Å²) in [6.07, 6.45) is 3.01. The van der Waals surface area contributed by atoms with Gasteiger partial charge >= 0.3 is 0 Å². The lowest BCUT2D eigenvalue weighted by atomic mass is 9.85. The minimum absolute atomic E-state index is 0.240. The van der Waals surface area contributed by atoms with Crippen molar-refractivity contribution in [2.24, 2.45) is 0 Å². The average molecular weight is 188 g/mol. The number of hydrogen-bond donors (Lipinski definition) is 0. The van der Waals surface area contributed by atoms with Crippen LogP contribution in [0.25, 0.3) is 6.08 Å². The Bertz CT molecular complexity index is 326. The van der Waals surface area contributed by atoms with Gasteiger partial charge in [0.15, 0.2) is 0 Å². The van der Waals surface area contributed by atoms with Crippen molar-refractivity contribution in [2.75, 3.05) is 0 Å². The lowest BCUT2D eigenvalue weighted by Gasteiger charge is -2.20. The maximum Gasteiger partial charge on any atom is -0.0132 e. The second-order valence-corrected chi connectivity index (χ2v) is 4.72. The number of aryl methyl sites for hydroxylation is 1. The molecule has 0 saturated heterocycles. The largest absolute Gasteiger partial charge is 0.0985 e. The monoisotopic (exact) mass is 188 g/mol. The molecule has 1 rings (SSSR count). The molecule has 0 aliphatic rings. The van der Waals surface area contributed by atoms with E-state index in [9.17, 15) is 0 Å². The molecule has 0 saturated carbocycles. The van der Waals surface area contributed by atoms with Crippen LogP contribution >= 0.6 is 0 Å². The third kappa shape index (κ3) is 2.25. The van der Waals surface area contributed by atoms with Crippen molar-refractivity contribution < 1.29 is 0 Å². The zero-order chi connectivity index (χ0) is 10.8. The van der Waals surface area contributed by atoms with Crippen LogP contribution in [-0.4, -0.2) is 0 Å². The van der Waals surface area contributed by atoms with Gasteiger partial charge in [0.05, 0.1) is 0 Å². The predicted octanol–water partition coefficient (Wildman–Crippen LogP) is 4.19. The van der Waals surface area contributed by atoms with E-state index in [1.807, 2.05) is 6.08 Å². The van der Waals surface area contributed by atoms with Gasteiger partial charge in [-0.2, -0.15) is 0 Å². The van der Waals surface area contributed by atoms with Crippen molar-refractivity contribution in [1.29, 1.82) is 0 Å². The Hall–Kier alpha value is -1.04. The fourth-order valence-electron chi connectivity index (χ4n) is 1.58. The smallest absolute Gasteiger partial charge is 0.0132 e. The Balaban J connectivity index is 3.21. The van der Waals surface area contributed by atoms with Crippen LogP contribution in [0.2, 0.25) is 0 Å². The van der Waals surface area contributed by atoms with E-state index in [-0.39, 0.29) is 5.41 Å². The van der Waals surface area contributed by atoms with Crippen LogP contribution in [-0.2, 0) is 11.8 Å². The van der Waals surface area contributed by atoms with E-state index in [0.717, 1.165) is 6.42 Å². The molecule has 0 heteroatoms. The molecule has 0 atom stereocenters. The lowest BCUT2D eigenvalue weighted by molar-refractivity contribution is 0.589. The first-order valence-electron chi connectivity index (χ1n) is 5.25. The topological polar surface area (TPSA) is 0 Å². The molecule has 0 heterocycles. The van der Waals surface area contributed by atoms with Gasteiger partial charge in [0.1, 0.15) is 0 Å². The van der Waals surface area contributed by atoms with Crippen molar-refractivity contribution in [3.8, 4) is 0 Å². The molecule has 0 nitrogen and oxygen atoms in total. The van der Waals surface area contributed by atoms with Crippen LogP contribution in [0.5, 0.6) is 0 Å².